The van der Waals surface area contributed by atoms with Crippen LogP contribution in [0.25, 0.3) is 10.9 Å². The Hall–Kier alpha value is -1.74. The van der Waals surface area contributed by atoms with E-state index in [4.69, 9.17) is 4.74 Å². The summed E-state index contributed by atoms with van der Waals surface area (Å²) in [5.41, 5.74) is 1.51. The van der Waals surface area contributed by atoms with E-state index in [2.05, 4.69) is 4.98 Å². The van der Waals surface area contributed by atoms with Gasteiger partial charge in [0.2, 0.25) is 0 Å². The molecule has 0 N–H and O–H groups in total. The summed E-state index contributed by atoms with van der Waals surface area (Å²) in [6.45, 7) is 2.54. The van der Waals surface area contributed by atoms with Crippen LogP contribution >= 0.6 is 0 Å². The summed E-state index contributed by atoms with van der Waals surface area (Å²) in [5.74, 6) is 0.135. The monoisotopic (exact) mass is 241 g/mol. The first-order chi connectivity index (χ1) is 8.75. The lowest BCUT2D eigenvalue weighted by Gasteiger charge is -2.08. The fourth-order valence-electron chi connectivity index (χ4n) is 2.52. The molecule has 1 aliphatic rings. The molecule has 92 valence electrons. The van der Waals surface area contributed by atoms with Gasteiger partial charge in [0.25, 0.3) is 0 Å². The second kappa shape index (κ2) is 4.50. The van der Waals surface area contributed by atoms with E-state index in [0.29, 0.717) is 6.61 Å². The van der Waals surface area contributed by atoms with Crippen molar-refractivity contribution in [1.29, 1.82) is 0 Å². The zero-order valence-corrected chi connectivity index (χ0v) is 10.3. The van der Waals surface area contributed by atoms with Crippen LogP contribution in [0, 0.1) is 5.92 Å². The summed E-state index contributed by atoms with van der Waals surface area (Å²) in [6.07, 6.45) is 2.72. The largest absolute Gasteiger partial charge is 0.378 e. The predicted octanol–water partition coefficient (Wildman–Crippen LogP) is 2.84. The van der Waals surface area contributed by atoms with Crippen LogP contribution in [0.3, 0.4) is 0 Å². The number of Topliss-reactive ketones (excluding diaryl/α,β-unsaturated/α-hetero) is 1. The number of ketones is 1. The number of hydrogen-bond donors (Lipinski definition) is 0. The second-order valence-electron chi connectivity index (χ2n) is 4.82. The van der Waals surface area contributed by atoms with Crippen molar-refractivity contribution in [1.82, 2.24) is 4.98 Å². The van der Waals surface area contributed by atoms with Crippen LogP contribution in [0.15, 0.2) is 36.5 Å². The molecule has 18 heavy (non-hydrogen) atoms. The van der Waals surface area contributed by atoms with Gasteiger partial charge in [0.15, 0.2) is 5.78 Å². The zero-order valence-electron chi connectivity index (χ0n) is 10.3. The minimum atomic E-state index is -0.0207. The number of rotatable bonds is 2. The number of nitrogens with zero attached hydrogens (tertiary/aromatic N) is 1. The van der Waals surface area contributed by atoms with Crippen molar-refractivity contribution in [2.75, 3.05) is 6.61 Å². The Morgan fingerprint density at radius 1 is 1.33 bits per heavy atom. The minimum absolute atomic E-state index is 0.0207. The fourth-order valence-corrected chi connectivity index (χ4v) is 2.52. The number of para-hydroxylation sites is 1. The molecule has 0 aliphatic carbocycles. The van der Waals surface area contributed by atoms with Gasteiger partial charge in [0.05, 0.1) is 18.2 Å². The van der Waals surface area contributed by atoms with Crippen LogP contribution in [0.5, 0.6) is 0 Å². The van der Waals surface area contributed by atoms with E-state index in [9.17, 15) is 4.79 Å². The quantitative estimate of drug-likeness (QED) is 0.759. The lowest BCUT2D eigenvalue weighted by molar-refractivity contribution is 0.0879. The van der Waals surface area contributed by atoms with Crippen molar-refractivity contribution in [2.45, 2.75) is 19.4 Å². The summed E-state index contributed by atoms with van der Waals surface area (Å²) < 4.78 is 5.48. The zero-order chi connectivity index (χ0) is 12.5. The maximum absolute atomic E-state index is 12.5. The fraction of sp³-hybridized carbons (Fsp3) is 0.333. The molecule has 1 aromatic carbocycles. The van der Waals surface area contributed by atoms with Crippen molar-refractivity contribution in [2.24, 2.45) is 5.92 Å². The van der Waals surface area contributed by atoms with Crippen LogP contribution in [-0.2, 0) is 4.74 Å². The van der Waals surface area contributed by atoms with Gasteiger partial charge in [-0.05, 0) is 25.5 Å². The molecule has 0 bridgehead atoms. The van der Waals surface area contributed by atoms with Gasteiger partial charge in [0.1, 0.15) is 0 Å². The molecule has 2 atom stereocenters. The van der Waals surface area contributed by atoms with Crippen molar-refractivity contribution in [3.8, 4) is 0 Å². The molecule has 3 rings (SSSR count). The van der Waals surface area contributed by atoms with Gasteiger partial charge in [-0.25, -0.2) is 0 Å². The van der Waals surface area contributed by atoms with Crippen molar-refractivity contribution in [3.63, 3.8) is 0 Å². The van der Waals surface area contributed by atoms with Gasteiger partial charge < -0.3 is 4.74 Å². The minimum Gasteiger partial charge on any atom is -0.378 e. The third-order valence-corrected chi connectivity index (χ3v) is 3.47. The predicted molar refractivity (Wildman–Crippen MR) is 69.6 cm³/mol. The van der Waals surface area contributed by atoms with E-state index in [1.165, 1.54) is 0 Å². The number of benzene rings is 1. The lowest BCUT2D eigenvalue weighted by atomic mass is 9.94. The molecule has 0 radical (unpaired) electrons. The van der Waals surface area contributed by atoms with E-state index < -0.39 is 0 Å². The summed E-state index contributed by atoms with van der Waals surface area (Å²) in [7, 11) is 0. The molecule has 3 nitrogen and oxygen atoms in total. The maximum Gasteiger partial charge on any atom is 0.170 e. The molecule has 1 saturated heterocycles. The van der Waals surface area contributed by atoms with E-state index in [0.717, 1.165) is 22.9 Å². The van der Waals surface area contributed by atoms with Crippen LogP contribution < -0.4 is 0 Å². The summed E-state index contributed by atoms with van der Waals surface area (Å²) in [4.78, 5) is 16.8. The summed E-state index contributed by atoms with van der Waals surface area (Å²) in [5, 5.41) is 1.01. The van der Waals surface area contributed by atoms with Crippen LogP contribution in [0.4, 0.5) is 0 Å². The van der Waals surface area contributed by atoms with Gasteiger partial charge in [-0.2, -0.15) is 0 Å². The smallest absolute Gasteiger partial charge is 0.170 e. The number of pyridine rings is 1. The highest BCUT2D eigenvalue weighted by Crippen LogP contribution is 2.26. The standard InChI is InChI=1S/C15H15NO2/c1-10-8-12(9-18-10)15(17)13-6-2-4-11-5-3-7-16-14(11)13/h2-7,10,12H,8-9H2,1H3. The number of carbonyl (C=O) groups is 1. The lowest BCUT2D eigenvalue weighted by Crippen LogP contribution is -2.15. The number of fused-ring (bicyclic) bond motifs is 1. The first-order valence-corrected chi connectivity index (χ1v) is 6.25. The highest BCUT2D eigenvalue weighted by Gasteiger charge is 2.29. The summed E-state index contributed by atoms with van der Waals surface area (Å²) >= 11 is 0. The van der Waals surface area contributed by atoms with Gasteiger partial charge in [-0.15, -0.1) is 0 Å². The Bertz CT molecular complexity index is 589. The Morgan fingerprint density at radius 2 is 2.17 bits per heavy atom. The van der Waals surface area contributed by atoms with Gasteiger partial charge in [-0.3, -0.25) is 9.78 Å². The number of ether oxygens (including phenoxy) is 1. The second-order valence-corrected chi connectivity index (χ2v) is 4.82. The molecule has 0 amide bonds. The van der Waals surface area contributed by atoms with Gasteiger partial charge in [0, 0.05) is 23.1 Å². The molecule has 1 aliphatic heterocycles. The Balaban J connectivity index is 2.01. The molecule has 1 aromatic heterocycles. The molecule has 2 aromatic rings. The number of hydrogen-bond acceptors (Lipinski definition) is 3. The van der Waals surface area contributed by atoms with Gasteiger partial charge >= 0.3 is 0 Å². The molecular formula is C15H15NO2. The van der Waals surface area contributed by atoms with Crippen LogP contribution in [-0.4, -0.2) is 23.5 Å². The van der Waals surface area contributed by atoms with Crippen molar-refractivity contribution < 1.29 is 9.53 Å². The SMILES string of the molecule is CC1CC(C(=O)c2cccc3cccnc23)CO1. The molecular weight excluding hydrogens is 226 g/mol. The average Bonchev–Trinajstić information content (AvgIpc) is 2.84. The third-order valence-electron chi connectivity index (χ3n) is 3.47. The van der Waals surface area contributed by atoms with Crippen molar-refractivity contribution in [3.05, 3.63) is 42.1 Å². The molecule has 1 fully saturated rings. The third kappa shape index (κ3) is 1.91. The summed E-state index contributed by atoms with van der Waals surface area (Å²) in [6, 6.07) is 9.62. The normalized spacial score (nSPS) is 23.4. The molecule has 3 heteroatoms. The molecule has 2 unspecified atom stereocenters. The topological polar surface area (TPSA) is 39.2 Å². The number of carbonyl (C=O) groups excluding carboxylic acids is 1. The molecule has 0 saturated carbocycles. The number of aromatic nitrogens is 1. The van der Waals surface area contributed by atoms with E-state index in [1.807, 2.05) is 37.3 Å². The highest BCUT2D eigenvalue weighted by molar-refractivity contribution is 6.07. The Labute approximate surface area is 106 Å². The van der Waals surface area contributed by atoms with E-state index in [-0.39, 0.29) is 17.8 Å². The average molecular weight is 241 g/mol. The Kier molecular flexibility index (Phi) is 2.84. The molecule has 0 spiro atoms. The van der Waals surface area contributed by atoms with Crippen LogP contribution in [0.1, 0.15) is 23.7 Å². The van der Waals surface area contributed by atoms with Crippen LogP contribution in [0.2, 0.25) is 0 Å². The van der Waals surface area contributed by atoms with E-state index in [1.54, 1.807) is 6.20 Å². The molecule has 2 heterocycles. The first-order valence-electron chi connectivity index (χ1n) is 6.25. The van der Waals surface area contributed by atoms with Crippen molar-refractivity contribution >= 4 is 16.7 Å². The Morgan fingerprint density at radius 3 is 2.94 bits per heavy atom. The van der Waals surface area contributed by atoms with Gasteiger partial charge in [-0.1, -0.05) is 18.2 Å². The maximum atomic E-state index is 12.5. The first kappa shape index (κ1) is 11.4. The van der Waals surface area contributed by atoms with E-state index >= 15 is 0 Å². The highest BCUT2D eigenvalue weighted by atomic mass is 16.5.